The first kappa shape index (κ1) is 19.0. The van der Waals surface area contributed by atoms with Crippen molar-refractivity contribution in [2.75, 3.05) is 0 Å². The van der Waals surface area contributed by atoms with Crippen LogP contribution in [0, 0.1) is 0 Å². The smallest absolute Gasteiger partial charge is 0.0658 e. The third-order valence-corrected chi connectivity index (χ3v) is 7.01. The van der Waals surface area contributed by atoms with E-state index in [0.717, 1.165) is 44.8 Å². The average Bonchev–Trinajstić information content (AvgIpc) is 3.56. The van der Waals surface area contributed by atoms with Crippen molar-refractivity contribution < 1.29 is 0 Å². The summed E-state index contributed by atoms with van der Waals surface area (Å²) in [5.74, 6) is 0. The van der Waals surface area contributed by atoms with E-state index in [4.69, 9.17) is 0 Å². The predicted octanol–water partition coefficient (Wildman–Crippen LogP) is 7.62. The number of fused-ring (bicyclic) bond motifs is 9. The second-order valence-electron chi connectivity index (χ2n) is 7.47. The Morgan fingerprint density at radius 3 is 1.16 bits per heavy atom. The molecule has 7 rings (SSSR count). The largest absolute Gasteiger partial charge is 0.355 e. The van der Waals surface area contributed by atoms with E-state index in [2.05, 4.69) is 67.1 Å². The average molecular weight is 451 g/mol. The van der Waals surface area contributed by atoms with Crippen molar-refractivity contribution in [2.45, 2.75) is 0 Å². The Bertz CT molecular complexity index is 1420. The molecule has 0 radical (unpaired) electrons. The molecule has 0 unspecified atom stereocenters. The van der Waals surface area contributed by atoms with E-state index < -0.39 is 0 Å². The summed E-state index contributed by atoms with van der Waals surface area (Å²) in [6.45, 7) is 0. The van der Waals surface area contributed by atoms with Crippen molar-refractivity contribution in [3.63, 3.8) is 0 Å². The Hall–Kier alpha value is -3.74. The maximum Gasteiger partial charge on any atom is 0.0658 e. The van der Waals surface area contributed by atoms with Gasteiger partial charge in [-0.05, 0) is 95.7 Å². The zero-order chi connectivity index (χ0) is 21.3. The predicted molar refractivity (Wildman–Crippen MR) is 139 cm³/mol. The van der Waals surface area contributed by atoms with Gasteiger partial charge in [0.1, 0.15) is 0 Å². The van der Waals surface area contributed by atoms with Gasteiger partial charge in [-0.3, -0.25) is 0 Å². The molecule has 0 saturated carbocycles. The number of hydrogen-bond donors (Lipinski definition) is 2. The Labute approximate surface area is 192 Å². The van der Waals surface area contributed by atoms with Crippen LogP contribution in [0.5, 0.6) is 0 Å². The Morgan fingerprint density at radius 1 is 0.469 bits per heavy atom. The van der Waals surface area contributed by atoms with Gasteiger partial charge in [-0.1, -0.05) is 0 Å². The maximum absolute atomic E-state index is 4.63. The fourth-order valence-corrected chi connectivity index (χ4v) is 5.46. The van der Waals surface area contributed by atoms with E-state index in [1.807, 2.05) is 48.6 Å². The lowest BCUT2D eigenvalue weighted by Gasteiger charge is -1.85. The maximum atomic E-state index is 4.63. The van der Waals surface area contributed by atoms with Crippen LogP contribution in [0.2, 0.25) is 0 Å². The summed E-state index contributed by atoms with van der Waals surface area (Å²) in [5.41, 5.74) is 7.86. The summed E-state index contributed by atoms with van der Waals surface area (Å²) in [6, 6.07) is 20.7. The molecule has 0 spiro atoms. The standard InChI is InChI=1S/C20H14N4.C6H4S2/c1-2-14-10-16-5-6-18(23-16)12-20-8-7-19(24-20)11-17-4-3-15(22-17)9-13(1)21-14;1-3-7-6-2-4-8-5(1)6/h1-12,21,24H;1-4H. The van der Waals surface area contributed by atoms with E-state index in [1.165, 1.54) is 9.40 Å². The third kappa shape index (κ3) is 4.06. The molecule has 32 heavy (non-hydrogen) atoms. The number of thiophene rings is 2. The molecule has 154 valence electrons. The fourth-order valence-electron chi connectivity index (χ4n) is 3.64. The molecule has 0 amide bonds. The molecular formula is C26H18N4S2. The Morgan fingerprint density at radius 2 is 0.812 bits per heavy atom. The van der Waals surface area contributed by atoms with Gasteiger partial charge in [-0.25, -0.2) is 9.97 Å². The summed E-state index contributed by atoms with van der Waals surface area (Å²) >= 11 is 3.61. The number of nitrogens with one attached hydrogen (secondary N) is 2. The molecule has 8 bridgehead atoms. The van der Waals surface area contributed by atoms with Crippen LogP contribution in [-0.2, 0) is 0 Å². The van der Waals surface area contributed by atoms with Gasteiger partial charge in [0.2, 0.25) is 0 Å². The summed E-state index contributed by atoms with van der Waals surface area (Å²) in [4.78, 5) is 16.0. The fraction of sp³-hybridized carbons (Fsp3) is 0. The van der Waals surface area contributed by atoms with Crippen molar-refractivity contribution in [1.82, 2.24) is 19.9 Å². The van der Waals surface area contributed by atoms with Crippen LogP contribution in [0.15, 0.2) is 71.4 Å². The summed E-state index contributed by atoms with van der Waals surface area (Å²) in [7, 11) is 0. The zero-order valence-corrected chi connectivity index (χ0v) is 18.6. The Kier molecular flexibility index (Phi) is 4.79. The number of aromatic nitrogens is 4. The SMILES string of the molecule is C1=Cc2cc3ccc(cc4nc(cc5ccc(cc1n2)[nH]5)C=C4)[nH]3.c1cc2sccc2s1. The normalized spacial score (nSPS) is 12.1. The first-order valence-electron chi connectivity index (χ1n) is 10.2. The first-order chi connectivity index (χ1) is 15.8. The van der Waals surface area contributed by atoms with Crippen molar-refractivity contribution in [3.8, 4) is 0 Å². The second kappa shape index (κ2) is 8.07. The molecular weight excluding hydrogens is 432 g/mol. The van der Waals surface area contributed by atoms with E-state index in [9.17, 15) is 0 Å². The van der Waals surface area contributed by atoms with Crippen LogP contribution in [0.25, 0.3) is 55.8 Å². The highest BCUT2D eigenvalue weighted by molar-refractivity contribution is 7.25. The van der Waals surface area contributed by atoms with Gasteiger partial charge in [0, 0.05) is 31.5 Å². The van der Waals surface area contributed by atoms with Crippen LogP contribution in [-0.4, -0.2) is 19.9 Å². The molecule has 7 heterocycles. The minimum absolute atomic E-state index is 0.939. The van der Waals surface area contributed by atoms with Crippen LogP contribution < -0.4 is 0 Å². The molecule has 0 fully saturated rings. The van der Waals surface area contributed by atoms with E-state index in [0.29, 0.717) is 0 Å². The molecule has 6 heteroatoms. The van der Waals surface area contributed by atoms with Crippen molar-refractivity contribution in [3.05, 3.63) is 94.2 Å². The molecule has 2 aliphatic heterocycles. The van der Waals surface area contributed by atoms with Crippen molar-refractivity contribution in [2.24, 2.45) is 0 Å². The number of aromatic amines is 2. The highest BCUT2D eigenvalue weighted by Gasteiger charge is 2.01. The summed E-state index contributed by atoms with van der Waals surface area (Å²) < 4.78 is 2.82. The van der Waals surface area contributed by atoms with Gasteiger partial charge in [0.25, 0.3) is 0 Å². The summed E-state index contributed by atoms with van der Waals surface area (Å²) in [6.07, 6.45) is 8.09. The lowest BCUT2D eigenvalue weighted by atomic mass is 10.3. The van der Waals surface area contributed by atoms with Crippen LogP contribution in [0.3, 0.4) is 0 Å². The van der Waals surface area contributed by atoms with E-state index in [-0.39, 0.29) is 0 Å². The van der Waals surface area contributed by atoms with E-state index in [1.54, 1.807) is 22.7 Å². The molecule has 0 aromatic carbocycles. The number of H-pyrrole nitrogens is 2. The molecule has 4 nitrogen and oxygen atoms in total. The number of rotatable bonds is 0. The molecule has 5 aromatic rings. The van der Waals surface area contributed by atoms with Crippen molar-refractivity contribution in [1.29, 1.82) is 0 Å². The summed E-state index contributed by atoms with van der Waals surface area (Å²) in [5, 5.41) is 4.25. The lowest BCUT2D eigenvalue weighted by Crippen LogP contribution is -1.75. The molecule has 2 aliphatic rings. The van der Waals surface area contributed by atoms with E-state index >= 15 is 0 Å². The molecule has 0 saturated heterocycles. The van der Waals surface area contributed by atoms with Crippen molar-refractivity contribution >= 4 is 78.4 Å². The molecule has 5 aromatic heterocycles. The topological polar surface area (TPSA) is 57.4 Å². The van der Waals surface area contributed by atoms with Gasteiger partial charge in [0.15, 0.2) is 0 Å². The molecule has 0 aliphatic carbocycles. The van der Waals surface area contributed by atoms with Crippen LogP contribution in [0.4, 0.5) is 0 Å². The minimum atomic E-state index is 0.939. The van der Waals surface area contributed by atoms with Gasteiger partial charge in [-0.2, -0.15) is 0 Å². The number of nitrogens with zero attached hydrogens (tertiary/aromatic N) is 2. The molecule has 0 atom stereocenters. The lowest BCUT2D eigenvalue weighted by molar-refractivity contribution is 1.31. The first-order valence-corrected chi connectivity index (χ1v) is 12.0. The van der Waals surface area contributed by atoms with Gasteiger partial charge < -0.3 is 9.97 Å². The molecule has 2 N–H and O–H groups in total. The minimum Gasteiger partial charge on any atom is -0.355 e. The number of hydrogen-bond acceptors (Lipinski definition) is 4. The van der Waals surface area contributed by atoms with Crippen LogP contribution >= 0.6 is 22.7 Å². The van der Waals surface area contributed by atoms with Crippen LogP contribution in [0.1, 0.15) is 22.8 Å². The highest BCUT2D eigenvalue weighted by atomic mass is 32.1. The third-order valence-electron chi connectivity index (χ3n) is 5.11. The van der Waals surface area contributed by atoms with Gasteiger partial charge in [-0.15, -0.1) is 22.7 Å². The highest BCUT2D eigenvalue weighted by Crippen LogP contribution is 2.25. The van der Waals surface area contributed by atoms with Gasteiger partial charge in [0.05, 0.1) is 22.8 Å². The quantitative estimate of drug-likeness (QED) is 0.250. The zero-order valence-electron chi connectivity index (χ0n) is 16.9. The Balaban J connectivity index is 0.000000205. The van der Waals surface area contributed by atoms with Gasteiger partial charge >= 0.3 is 0 Å². The monoisotopic (exact) mass is 450 g/mol. The second-order valence-corrected chi connectivity index (χ2v) is 9.37.